The van der Waals surface area contributed by atoms with Crippen LogP contribution in [0.15, 0.2) is 54.6 Å². The van der Waals surface area contributed by atoms with Crippen LogP contribution < -0.4 is 5.32 Å². The predicted molar refractivity (Wildman–Crippen MR) is 78.2 cm³/mol. The lowest BCUT2D eigenvalue weighted by Gasteiger charge is -2.31. The molecule has 2 aromatic rings. The van der Waals surface area contributed by atoms with E-state index in [1.807, 2.05) is 0 Å². The third-order valence-electron chi connectivity index (χ3n) is 4.76. The van der Waals surface area contributed by atoms with E-state index in [2.05, 4.69) is 59.9 Å². The lowest BCUT2D eigenvalue weighted by Crippen LogP contribution is -2.32. The van der Waals surface area contributed by atoms with Gasteiger partial charge in [-0.25, -0.2) is 0 Å². The summed E-state index contributed by atoms with van der Waals surface area (Å²) in [4.78, 5) is 0. The van der Waals surface area contributed by atoms with Crippen molar-refractivity contribution < 1.29 is 0 Å². The fraction of sp³-hybridized carbons (Fsp3) is 0.333. The maximum atomic E-state index is 3.74. The quantitative estimate of drug-likeness (QED) is 0.809. The molecule has 2 aliphatic rings. The van der Waals surface area contributed by atoms with E-state index in [4.69, 9.17) is 0 Å². The summed E-state index contributed by atoms with van der Waals surface area (Å²) < 4.78 is 0. The largest absolute Gasteiger partial charge is 0.310 e. The van der Waals surface area contributed by atoms with Crippen LogP contribution in [0, 0.1) is 5.92 Å². The molecule has 1 heterocycles. The maximum absolute atomic E-state index is 3.74. The molecule has 1 fully saturated rings. The predicted octanol–water partition coefficient (Wildman–Crippen LogP) is 3.87. The second kappa shape index (κ2) is 4.50. The summed E-state index contributed by atoms with van der Waals surface area (Å²) in [5.74, 6) is 1.31. The van der Waals surface area contributed by atoms with Crippen molar-refractivity contribution in [1.82, 2.24) is 5.32 Å². The molecule has 1 heteroatoms. The molecule has 3 atom stereocenters. The first kappa shape index (κ1) is 11.2. The van der Waals surface area contributed by atoms with Crippen LogP contribution in [0.4, 0.5) is 0 Å². The van der Waals surface area contributed by atoms with Gasteiger partial charge in [0.2, 0.25) is 0 Å². The number of hydrogen-bond donors (Lipinski definition) is 1. The Kier molecular flexibility index (Phi) is 2.66. The fourth-order valence-electron chi connectivity index (χ4n) is 4.01. The SMILES string of the molecule is c1ccc([C@H]2c3ccccc3[C@@H]3NCCC[C@@H]23)cc1. The molecule has 1 saturated heterocycles. The van der Waals surface area contributed by atoms with E-state index in [0.717, 1.165) is 12.5 Å². The monoisotopic (exact) mass is 249 g/mol. The highest BCUT2D eigenvalue weighted by Gasteiger charge is 2.41. The Morgan fingerprint density at radius 3 is 2.42 bits per heavy atom. The number of hydrogen-bond acceptors (Lipinski definition) is 1. The Balaban J connectivity index is 1.85. The van der Waals surface area contributed by atoms with Gasteiger partial charge < -0.3 is 5.32 Å². The Labute approximate surface area is 114 Å². The van der Waals surface area contributed by atoms with Crippen LogP contribution in [0.3, 0.4) is 0 Å². The first-order valence-corrected chi connectivity index (χ1v) is 7.32. The molecule has 0 saturated carbocycles. The molecular weight excluding hydrogens is 230 g/mol. The van der Waals surface area contributed by atoms with Gasteiger partial charge in [0.1, 0.15) is 0 Å². The van der Waals surface area contributed by atoms with Crippen molar-refractivity contribution >= 4 is 0 Å². The molecule has 0 radical (unpaired) electrons. The molecule has 1 aliphatic carbocycles. The van der Waals surface area contributed by atoms with Crippen LogP contribution in [0.25, 0.3) is 0 Å². The zero-order valence-electron chi connectivity index (χ0n) is 11.0. The summed E-state index contributed by atoms with van der Waals surface area (Å²) in [7, 11) is 0. The van der Waals surface area contributed by atoms with Gasteiger partial charge in [-0.15, -0.1) is 0 Å². The fourth-order valence-corrected chi connectivity index (χ4v) is 4.01. The third kappa shape index (κ3) is 1.73. The minimum atomic E-state index is 0.565. The summed E-state index contributed by atoms with van der Waals surface area (Å²) in [6, 6.07) is 20.6. The van der Waals surface area contributed by atoms with Crippen LogP contribution in [0.2, 0.25) is 0 Å². The van der Waals surface area contributed by atoms with E-state index in [0.29, 0.717) is 12.0 Å². The Morgan fingerprint density at radius 1 is 0.842 bits per heavy atom. The highest BCUT2D eigenvalue weighted by molar-refractivity contribution is 5.46. The minimum absolute atomic E-state index is 0.565. The van der Waals surface area contributed by atoms with Gasteiger partial charge in [0.25, 0.3) is 0 Å². The van der Waals surface area contributed by atoms with Crippen LogP contribution >= 0.6 is 0 Å². The van der Waals surface area contributed by atoms with Gasteiger partial charge in [0, 0.05) is 12.0 Å². The molecule has 4 rings (SSSR count). The summed E-state index contributed by atoms with van der Waals surface area (Å²) in [5, 5.41) is 3.74. The van der Waals surface area contributed by atoms with E-state index in [1.54, 1.807) is 0 Å². The van der Waals surface area contributed by atoms with Crippen molar-refractivity contribution in [2.75, 3.05) is 6.54 Å². The van der Waals surface area contributed by atoms with E-state index in [1.165, 1.54) is 29.5 Å². The molecular formula is C18H19N. The van der Waals surface area contributed by atoms with Crippen molar-refractivity contribution in [3.63, 3.8) is 0 Å². The highest BCUT2D eigenvalue weighted by Crippen LogP contribution is 2.51. The molecule has 19 heavy (non-hydrogen) atoms. The molecule has 2 aromatic carbocycles. The number of rotatable bonds is 1. The lowest BCUT2D eigenvalue weighted by molar-refractivity contribution is 0.287. The second-order valence-electron chi connectivity index (χ2n) is 5.76. The highest BCUT2D eigenvalue weighted by atomic mass is 14.9. The van der Waals surface area contributed by atoms with Crippen LogP contribution in [0.5, 0.6) is 0 Å². The van der Waals surface area contributed by atoms with Gasteiger partial charge in [-0.1, -0.05) is 54.6 Å². The average Bonchev–Trinajstić information content (AvgIpc) is 2.83. The third-order valence-corrected chi connectivity index (χ3v) is 4.76. The normalized spacial score (nSPS) is 28.7. The molecule has 0 aromatic heterocycles. The van der Waals surface area contributed by atoms with Crippen molar-refractivity contribution in [1.29, 1.82) is 0 Å². The Morgan fingerprint density at radius 2 is 1.58 bits per heavy atom. The topological polar surface area (TPSA) is 12.0 Å². The molecule has 96 valence electrons. The van der Waals surface area contributed by atoms with Crippen molar-refractivity contribution in [2.24, 2.45) is 5.92 Å². The first-order chi connectivity index (χ1) is 9.45. The van der Waals surface area contributed by atoms with Crippen molar-refractivity contribution in [3.8, 4) is 0 Å². The van der Waals surface area contributed by atoms with E-state index < -0.39 is 0 Å². The smallest absolute Gasteiger partial charge is 0.0360 e. The molecule has 1 nitrogen and oxygen atoms in total. The van der Waals surface area contributed by atoms with Crippen molar-refractivity contribution in [2.45, 2.75) is 24.8 Å². The first-order valence-electron chi connectivity index (χ1n) is 7.32. The van der Waals surface area contributed by atoms with E-state index >= 15 is 0 Å². The molecule has 0 spiro atoms. The summed E-state index contributed by atoms with van der Waals surface area (Å²) in [5.41, 5.74) is 4.55. The van der Waals surface area contributed by atoms with Gasteiger partial charge in [0.05, 0.1) is 0 Å². The summed E-state index contributed by atoms with van der Waals surface area (Å²) >= 11 is 0. The summed E-state index contributed by atoms with van der Waals surface area (Å²) in [6.45, 7) is 1.16. The molecule has 0 unspecified atom stereocenters. The minimum Gasteiger partial charge on any atom is -0.310 e. The van der Waals surface area contributed by atoms with Crippen LogP contribution in [0.1, 0.15) is 41.5 Å². The number of fused-ring (bicyclic) bond motifs is 3. The maximum Gasteiger partial charge on any atom is 0.0360 e. The molecule has 0 bridgehead atoms. The number of piperidine rings is 1. The van der Waals surface area contributed by atoms with Gasteiger partial charge in [-0.2, -0.15) is 0 Å². The van der Waals surface area contributed by atoms with E-state index in [9.17, 15) is 0 Å². The zero-order chi connectivity index (χ0) is 12.7. The number of nitrogens with one attached hydrogen (secondary N) is 1. The Bertz CT molecular complexity index is 575. The second-order valence-corrected chi connectivity index (χ2v) is 5.76. The zero-order valence-corrected chi connectivity index (χ0v) is 11.0. The van der Waals surface area contributed by atoms with Gasteiger partial charge in [-0.3, -0.25) is 0 Å². The van der Waals surface area contributed by atoms with Gasteiger partial charge in [0.15, 0.2) is 0 Å². The number of benzene rings is 2. The van der Waals surface area contributed by atoms with Gasteiger partial charge in [-0.05, 0) is 42.0 Å². The summed E-state index contributed by atoms with van der Waals surface area (Å²) in [6.07, 6.45) is 2.64. The lowest BCUT2D eigenvalue weighted by atomic mass is 9.80. The molecule has 0 amide bonds. The van der Waals surface area contributed by atoms with Crippen LogP contribution in [-0.4, -0.2) is 6.54 Å². The average molecular weight is 249 g/mol. The van der Waals surface area contributed by atoms with E-state index in [-0.39, 0.29) is 0 Å². The Hall–Kier alpha value is -1.60. The standard InChI is InChI=1S/C18H19N/c1-2-7-13(8-3-1)17-14-9-4-5-10-15(14)18-16(17)11-6-12-19-18/h1-5,7-10,16-19H,6,11-12H2/t16-,17-,18-/m0/s1. The van der Waals surface area contributed by atoms with Crippen LogP contribution in [-0.2, 0) is 0 Å². The molecule has 1 N–H and O–H groups in total. The molecule has 1 aliphatic heterocycles. The van der Waals surface area contributed by atoms with Gasteiger partial charge >= 0.3 is 0 Å². The van der Waals surface area contributed by atoms with Crippen molar-refractivity contribution in [3.05, 3.63) is 71.3 Å².